The summed E-state index contributed by atoms with van der Waals surface area (Å²) in [6.45, 7) is 3.53. The normalized spacial score (nSPS) is 10.0. The van der Waals surface area contributed by atoms with Crippen molar-refractivity contribution in [1.82, 2.24) is 14.8 Å². The van der Waals surface area contributed by atoms with E-state index in [9.17, 15) is 9.59 Å². The third-order valence-electron chi connectivity index (χ3n) is 2.97. The molecule has 25 heavy (non-hydrogen) atoms. The Morgan fingerprint density at radius 2 is 1.76 bits per heavy atom. The molecule has 3 N–H and O–H groups in total. The highest BCUT2D eigenvalue weighted by atomic mass is 16.6. The predicted molar refractivity (Wildman–Crippen MR) is 90.7 cm³/mol. The lowest BCUT2D eigenvalue weighted by Gasteiger charge is -2.06. The lowest BCUT2D eigenvalue weighted by Crippen LogP contribution is -2.19. The molecule has 0 spiro atoms. The number of carbonyl (C=O) groups is 2. The lowest BCUT2D eigenvalue weighted by molar-refractivity contribution is -0.146. The summed E-state index contributed by atoms with van der Waals surface area (Å²) in [5.74, 6) is -1.34. The van der Waals surface area contributed by atoms with E-state index in [1.54, 1.807) is 13.8 Å². The Balaban J connectivity index is 2.23. The Morgan fingerprint density at radius 1 is 1.16 bits per heavy atom. The van der Waals surface area contributed by atoms with E-state index in [1.807, 2.05) is 30.3 Å². The van der Waals surface area contributed by atoms with Crippen LogP contribution in [-0.2, 0) is 19.1 Å². The van der Waals surface area contributed by atoms with Crippen molar-refractivity contribution in [2.45, 2.75) is 13.8 Å². The van der Waals surface area contributed by atoms with Gasteiger partial charge in [0, 0.05) is 6.20 Å². The smallest absolute Gasteiger partial charge is 0.347 e. The molecule has 1 heterocycles. The maximum atomic E-state index is 11.9. The molecule has 0 aliphatic heterocycles. The standard InChI is InChI=1S/C16H19N5O4/c1-3-24-13(22)12(14(23)25-4-2)10-18-16-19-15(17)21(20-16)11-8-6-5-7-9-11/h5-10H,3-4H2,1-2H3,(H3,17,18,19,20). The van der Waals surface area contributed by atoms with Crippen molar-refractivity contribution in [3.8, 4) is 5.69 Å². The molecule has 0 fully saturated rings. The largest absolute Gasteiger partial charge is 0.462 e. The zero-order valence-electron chi connectivity index (χ0n) is 13.9. The van der Waals surface area contributed by atoms with Gasteiger partial charge in [-0.3, -0.25) is 0 Å². The van der Waals surface area contributed by atoms with E-state index >= 15 is 0 Å². The van der Waals surface area contributed by atoms with Gasteiger partial charge in [-0.2, -0.15) is 9.67 Å². The molecule has 0 saturated heterocycles. The van der Waals surface area contributed by atoms with Gasteiger partial charge in [-0.25, -0.2) is 9.59 Å². The first kappa shape index (κ1) is 18.0. The molecule has 0 unspecified atom stereocenters. The molecule has 0 saturated carbocycles. The summed E-state index contributed by atoms with van der Waals surface area (Å²) in [6, 6.07) is 9.16. The topological polar surface area (TPSA) is 121 Å². The second kappa shape index (κ2) is 8.48. The van der Waals surface area contributed by atoms with Crippen LogP contribution in [0.4, 0.5) is 11.9 Å². The van der Waals surface area contributed by atoms with Gasteiger partial charge >= 0.3 is 11.9 Å². The van der Waals surface area contributed by atoms with E-state index in [-0.39, 0.29) is 30.7 Å². The third kappa shape index (κ3) is 4.56. The summed E-state index contributed by atoms with van der Waals surface area (Å²) in [5.41, 5.74) is 6.27. The second-order valence-electron chi connectivity index (χ2n) is 4.68. The summed E-state index contributed by atoms with van der Waals surface area (Å²) in [5, 5.41) is 6.85. The summed E-state index contributed by atoms with van der Waals surface area (Å²) in [4.78, 5) is 27.8. The fourth-order valence-corrected chi connectivity index (χ4v) is 1.90. The minimum atomic E-state index is -0.802. The Bertz CT molecular complexity index is 750. The van der Waals surface area contributed by atoms with E-state index < -0.39 is 11.9 Å². The number of aromatic nitrogens is 3. The van der Waals surface area contributed by atoms with Crippen LogP contribution in [0.1, 0.15) is 13.8 Å². The number of nitrogens with two attached hydrogens (primary N) is 1. The van der Waals surface area contributed by atoms with Gasteiger partial charge < -0.3 is 20.5 Å². The van der Waals surface area contributed by atoms with Crippen molar-refractivity contribution < 1.29 is 19.1 Å². The average Bonchev–Trinajstić information content (AvgIpc) is 2.97. The number of nitrogens with zero attached hydrogens (tertiary/aromatic N) is 3. The molecule has 0 radical (unpaired) electrons. The molecule has 0 aliphatic carbocycles. The quantitative estimate of drug-likeness (QED) is 0.333. The fourth-order valence-electron chi connectivity index (χ4n) is 1.90. The fraction of sp³-hybridized carbons (Fsp3) is 0.250. The van der Waals surface area contributed by atoms with Crippen molar-refractivity contribution in [2.75, 3.05) is 24.3 Å². The molecule has 2 rings (SSSR count). The summed E-state index contributed by atoms with van der Waals surface area (Å²) < 4.78 is 11.1. The minimum absolute atomic E-state index is 0.118. The molecule has 0 atom stereocenters. The zero-order valence-corrected chi connectivity index (χ0v) is 13.9. The summed E-state index contributed by atoms with van der Waals surface area (Å²) in [6.07, 6.45) is 1.14. The molecule has 132 valence electrons. The van der Waals surface area contributed by atoms with Gasteiger partial charge in [0.15, 0.2) is 5.57 Å². The number of esters is 2. The van der Waals surface area contributed by atoms with E-state index in [0.717, 1.165) is 11.9 Å². The Kier molecular flexibility index (Phi) is 6.10. The third-order valence-corrected chi connectivity index (χ3v) is 2.97. The number of carbonyl (C=O) groups excluding carboxylic acids is 2. The zero-order chi connectivity index (χ0) is 18.2. The van der Waals surface area contributed by atoms with Gasteiger partial charge in [0.1, 0.15) is 0 Å². The molecular formula is C16H19N5O4. The van der Waals surface area contributed by atoms with E-state index in [4.69, 9.17) is 15.2 Å². The monoisotopic (exact) mass is 345 g/mol. The molecule has 2 aromatic rings. The number of hydrogen-bond donors (Lipinski definition) is 2. The van der Waals surface area contributed by atoms with Crippen molar-refractivity contribution in [2.24, 2.45) is 0 Å². The van der Waals surface area contributed by atoms with Crippen molar-refractivity contribution >= 4 is 23.8 Å². The van der Waals surface area contributed by atoms with E-state index in [0.29, 0.717) is 0 Å². The number of rotatable bonds is 7. The minimum Gasteiger partial charge on any atom is -0.462 e. The SMILES string of the molecule is CCOC(=O)C(=CNc1nc(N)n(-c2ccccc2)n1)C(=O)OCC. The first-order valence-corrected chi connectivity index (χ1v) is 7.65. The predicted octanol–water partition coefficient (Wildman–Crippen LogP) is 1.27. The summed E-state index contributed by atoms with van der Waals surface area (Å²) >= 11 is 0. The van der Waals surface area contributed by atoms with Gasteiger partial charge in [0.25, 0.3) is 0 Å². The van der Waals surface area contributed by atoms with Crippen LogP contribution >= 0.6 is 0 Å². The average molecular weight is 345 g/mol. The van der Waals surface area contributed by atoms with Crippen LogP contribution in [0.5, 0.6) is 0 Å². The van der Waals surface area contributed by atoms with Crippen molar-refractivity contribution in [1.29, 1.82) is 0 Å². The maximum Gasteiger partial charge on any atom is 0.347 e. The maximum absolute atomic E-state index is 11.9. The Morgan fingerprint density at radius 3 is 2.32 bits per heavy atom. The first-order valence-electron chi connectivity index (χ1n) is 7.65. The highest BCUT2D eigenvalue weighted by Gasteiger charge is 2.21. The van der Waals surface area contributed by atoms with Crippen LogP contribution in [0.25, 0.3) is 5.69 Å². The second-order valence-corrected chi connectivity index (χ2v) is 4.68. The number of anilines is 2. The molecule has 0 bridgehead atoms. The molecule has 1 aromatic heterocycles. The number of ether oxygens (including phenoxy) is 2. The van der Waals surface area contributed by atoms with Gasteiger partial charge in [-0.1, -0.05) is 18.2 Å². The van der Waals surface area contributed by atoms with Crippen LogP contribution in [-0.4, -0.2) is 39.9 Å². The number of para-hydroxylation sites is 1. The number of hydrogen-bond acceptors (Lipinski definition) is 8. The van der Waals surface area contributed by atoms with E-state index in [2.05, 4.69) is 15.4 Å². The molecular weight excluding hydrogens is 326 g/mol. The molecule has 0 amide bonds. The van der Waals surface area contributed by atoms with Crippen LogP contribution in [0.3, 0.4) is 0 Å². The van der Waals surface area contributed by atoms with Gasteiger partial charge in [0.05, 0.1) is 18.9 Å². The first-order chi connectivity index (χ1) is 12.1. The van der Waals surface area contributed by atoms with Crippen LogP contribution in [0.15, 0.2) is 42.1 Å². The van der Waals surface area contributed by atoms with E-state index in [1.165, 1.54) is 4.68 Å². The lowest BCUT2D eigenvalue weighted by atomic mass is 10.3. The van der Waals surface area contributed by atoms with Crippen LogP contribution < -0.4 is 11.1 Å². The van der Waals surface area contributed by atoms with Gasteiger partial charge in [-0.05, 0) is 26.0 Å². The van der Waals surface area contributed by atoms with Gasteiger partial charge in [0.2, 0.25) is 11.9 Å². The van der Waals surface area contributed by atoms with Crippen molar-refractivity contribution in [3.63, 3.8) is 0 Å². The molecule has 1 aromatic carbocycles. The molecule has 9 nitrogen and oxygen atoms in total. The summed E-state index contributed by atoms with van der Waals surface area (Å²) in [7, 11) is 0. The van der Waals surface area contributed by atoms with Crippen LogP contribution in [0, 0.1) is 0 Å². The Labute approximate surface area is 144 Å². The Hall–Kier alpha value is -3.36. The highest BCUT2D eigenvalue weighted by Crippen LogP contribution is 2.13. The number of nitrogen functional groups attached to an aromatic ring is 1. The molecule has 0 aliphatic rings. The van der Waals surface area contributed by atoms with Crippen LogP contribution in [0.2, 0.25) is 0 Å². The number of benzene rings is 1. The molecule has 9 heteroatoms. The number of nitrogens with one attached hydrogen (secondary N) is 1. The van der Waals surface area contributed by atoms with Gasteiger partial charge in [-0.15, -0.1) is 5.10 Å². The van der Waals surface area contributed by atoms with Crippen molar-refractivity contribution in [3.05, 3.63) is 42.1 Å². The highest BCUT2D eigenvalue weighted by molar-refractivity contribution is 6.14.